The maximum atomic E-state index is 5.14. The van der Waals surface area contributed by atoms with Crippen molar-refractivity contribution in [3.63, 3.8) is 0 Å². The molecule has 176 valence electrons. The van der Waals surface area contributed by atoms with E-state index in [1.54, 1.807) is 7.11 Å². The highest BCUT2D eigenvalue weighted by atomic mass is 16.5. The quantitative estimate of drug-likeness (QED) is 0.374. The second kappa shape index (κ2) is 10.3. The molecule has 0 atom stereocenters. The molecule has 2 N–H and O–H groups in total. The van der Waals surface area contributed by atoms with Crippen molar-refractivity contribution < 1.29 is 4.74 Å². The average molecular weight is 457 g/mol. The minimum Gasteiger partial charge on any atom is -0.383 e. The zero-order chi connectivity index (χ0) is 23.3. The van der Waals surface area contributed by atoms with E-state index < -0.39 is 0 Å². The minimum atomic E-state index is 0.392. The summed E-state index contributed by atoms with van der Waals surface area (Å²) in [7, 11) is 1.74. The van der Waals surface area contributed by atoms with Gasteiger partial charge in [0.15, 0.2) is 0 Å². The highest BCUT2D eigenvalue weighted by Gasteiger charge is 2.22. The molecular formula is C27H32N6O. The number of imidazole rings is 1. The molecule has 34 heavy (non-hydrogen) atoms. The second-order valence-corrected chi connectivity index (χ2v) is 9.02. The Hall–Kier alpha value is -3.29. The SMILES string of the molecule is COCCNC1CCC(Nc2ncc(C)c(-c3cnc4ccc(-c5ccccc5)cn34)n2)CC1. The summed E-state index contributed by atoms with van der Waals surface area (Å²) in [5, 5.41) is 7.16. The number of fused-ring (bicyclic) bond motifs is 1. The van der Waals surface area contributed by atoms with E-state index in [1.807, 2.05) is 18.5 Å². The number of anilines is 1. The zero-order valence-corrected chi connectivity index (χ0v) is 19.9. The number of nitrogens with zero attached hydrogens (tertiary/aromatic N) is 4. The van der Waals surface area contributed by atoms with Crippen molar-refractivity contribution in [2.75, 3.05) is 25.6 Å². The number of aryl methyl sites for hydroxylation is 1. The maximum Gasteiger partial charge on any atom is 0.223 e. The Balaban J connectivity index is 1.34. The molecule has 1 fully saturated rings. The number of rotatable bonds is 8. The maximum absolute atomic E-state index is 5.14. The van der Waals surface area contributed by atoms with Crippen LogP contribution in [0.4, 0.5) is 5.95 Å². The molecule has 7 nitrogen and oxygen atoms in total. The molecule has 0 bridgehead atoms. The van der Waals surface area contributed by atoms with Crippen molar-refractivity contribution in [2.24, 2.45) is 0 Å². The van der Waals surface area contributed by atoms with Crippen molar-refractivity contribution in [2.45, 2.75) is 44.7 Å². The van der Waals surface area contributed by atoms with E-state index in [1.165, 1.54) is 5.56 Å². The summed E-state index contributed by atoms with van der Waals surface area (Å²) in [6.07, 6.45) is 10.5. The molecule has 1 aliphatic carbocycles. The van der Waals surface area contributed by atoms with Gasteiger partial charge in [0.1, 0.15) is 5.65 Å². The third kappa shape index (κ3) is 4.95. The predicted octanol–water partition coefficient (Wildman–Crippen LogP) is 4.73. The number of methoxy groups -OCH3 is 1. The van der Waals surface area contributed by atoms with Gasteiger partial charge in [-0.15, -0.1) is 0 Å². The lowest BCUT2D eigenvalue weighted by Crippen LogP contribution is -2.38. The van der Waals surface area contributed by atoms with Crippen LogP contribution in [0.15, 0.2) is 61.1 Å². The first kappa shape index (κ1) is 22.5. The van der Waals surface area contributed by atoms with Gasteiger partial charge in [0.25, 0.3) is 0 Å². The Morgan fingerprint density at radius 1 is 0.941 bits per heavy atom. The van der Waals surface area contributed by atoms with Crippen LogP contribution in [0.5, 0.6) is 0 Å². The van der Waals surface area contributed by atoms with E-state index in [0.29, 0.717) is 18.0 Å². The van der Waals surface area contributed by atoms with Crippen LogP contribution in [0.3, 0.4) is 0 Å². The van der Waals surface area contributed by atoms with Crippen LogP contribution in [-0.2, 0) is 4.74 Å². The van der Waals surface area contributed by atoms with Gasteiger partial charge >= 0.3 is 0 Å². The highest BCUT2D eigenvalue weighted by molar-refractivity contribution is 5.69. The Bertz CT molecular complexity index is 1230. The molecular weight excluding hydrogens is 424 g/mol. The third-order valence-electron chi connectivity index (χ3n) is 6.63. The molecule has 0 amide bonds. The summed E-state index contributed by atoms with van der Waals surface area (Å²) >= 11 is 0. The van der Waals surface area contributed by atoms with Crippen LogP contribution < -0.4 is 10.6 Å². The summed E-state index contributed by atoms with van der Waals surface area (Å²) in [6.45, 7) is 3.72. The largest absolute Gasteiger partial charge is 0.383 e. The topological polar surface area (TPSA) is 76.4 Å². The number of benzene rings is 1. The number of nitrogens with one attached hydrogen (secondary N) is 2. The zero-order valence-electron chi connectivity index (χ0n) is 19.9. The first-order valence-corrected chi connectivity index (χ1v) is 12.1. The lowest BCUT2D eigenvalue weighted by atomic mass is 9.91. The Morgan fingerprint density at radius 2 is 1.74 bits per heavy atom. The van der Waals surface area contributed by atoms with E-state index in [2.05, 4.69) is 74.5 Å². The fourth-order valence-corrected chi connectivity index (χ4v) is 4.72. The summed E-state index contributed by atoms with van der Waals surface area (Å²) in [4.78, 5) is 14.1. The molecule has 0 unspecified atom stereocenters. The third-order valence-corrected chi connectivity index (χ3v) is 6.63. The van der Waals surface area contributed by atoms with Gasteiger partial charge in [-0.25, -0.2) is 15.0 Å². The van der Waals surface area contributed by atoms with Gasteiger partial charge in [0.2, 0.25) is 5.95 Å². The number of hydrogen-bond acceptors (Lipinski definition) is 6. The van der Waals surface area contributed by atoms with Crippen LogP contribution in [0.1, 0.15) is 31.2 Å². The van der Waals surface area contributed by atoms with Gasteiger partial charge in [0.05, 0.1) is 24.2 Å². The van der Waals surface area contributed by atoms with Crippen LogP contribution >= 0.6 is 0 Å². The monoisotopic (exact) mass is 456 g/mol. The molecule has 0 saturated heterocycles. The normalized spacial score (nSPS) is 18.3. The molecule has 0 aliphatic heterocycles. The summed E-state index contributed by atoms with van der Waals surface area (Å²) < 4.78 is 7.27. The van der Waals surface area contributed by atoms with Gasteiger partial charge in [-0.3, -0.25) is 4.40 Å². The summed E-state index contributed by atoms with van der Waals surface area (Å²) in [5.74, 6) is 0.686. The number of aromatic nitrogens is 4. The smallest absolute Gasteiger partial charge is 0.223 e. The molecule has 1 saturated carbocycles. The van der Waals surface area contributed by atoms with Crippen LogP contribution in [0.2, 0.25) is 0 Å². The van der Waals surface area contributed by atoms with Crippen molar-refractivity contribution >= 4 is 11.6 Å². The molecule has 3 heterocycles. The van der Waals surface area contributed by atoms with E-state index in [0.717, 1.165) is 67.0 Å². The molecule has 0 spiro atoms. The van der Waals surface area contributed by atoms with Crippen LogP contribution in [-0.4, -0.2) is 51.7 Å². The van der Waals surface area contributed by atoms with Gasteiger partial charge < -0.3 is 15.4 Å². The molecule has 5 rings (SSSR count). The van der Waals surface area contributed by atoms with Gasteiger partial charge in [-0.2, -0.15) is 0 Å². The summed E-state index contributed by atoms with van der Waals surface area (Å²) in [6, 6.07) is 15.5. The average Bonchev–Trinajstić information content (AvgIpc) is 3.30. The van der Waals surface area contributed by atoms with Crippen LogP contribution in [0, 0.1) is 6.92 Å². The van der Waals surface area contributed by atoms with Crippen molar-refractivity contribution in [3.8, 4) is 22.5 Å². The minimum absolute atomic E-state index is 0.392. The predicted molar refractivity (Wildman–Crippen MR) is 136 cm³/mol. The van der Waals surface area contributed by atoms with Crippen molar-refractivity contribution in [3.05, 3.63) is 66.6 Å². The van der Waals surface area contributed by atoms with Gasteiger partial charge in [-0.1, -0.05) is 30.3 Å². The Kier molecular flexibility index (Phi) is 6.83. The van der Waals surface area contributed by atoms with E-state index >= 15 is 0 Å². The Morgan fingerprint density at radius 3 is 2.53 bits per heavy atom. The number of pyridine rings is 1. The van der Waals surface area contributed by atoms with Crippen LogP contribution in [0.25, 0.3) is 28.2 Å². The molecule has 4 aromatic rings. The lowest BCUT2D eigenvalue weighted by Gasteiger charge is -2.29. The van der Waals surface area contributed by atoms with Gasteiger partial charge in [0, 0.05) is 38.1 Å². The fourth-order valence-electron chi connectivity index (χ4n) is 4.72. The summed E-state index contributed by atoms with van der Waals surface area (Å²) in [5.41, 5.74) is 6.14. The first-order valence-electron chi connectivity index (χ1n) is 12.1. The van der Waals surface area contributed by atoms with E-state index in [9.17, 15) is 0 Å². The van der Waals surface area contributed by atoms with Crippen molar-refractivity contribution in [1.82, 2.24) is 24.7 Å². The van der Waals surface area contributed by atoms with Gasteiger partial charge in [-0.05, 0) is 61.4 Å². The highest BCUT2D eigenvalue weighted by Crippen LogP contribution is 2.27. The molecule has 1 aromatic carbocycles. The lowest BCUT2D eigenvalue weighted by molar-refractivity contribution is 0.191. The Labute approximate surface area is 200 Å². The van der Waals surface area contributed by atoms with Crippen molar-refractivity contribution in [1.29, 1.82) is 0 Å². The van der Waals surface area contributed by atoms with E-state index in [4.69, 9.17) is 9.72 Å². The second-order valence-electron chi connectivity index (χ2n) is 9.02. The number of hydrogen-bond donors (Lipinski definition) is 2. The van der Waals surface area contributed by atoms with E-state index in [-0.39, 0.29) is 0 Å². The fraction of sp³-hybridized carbons (Fsp3) is 0.370. The molecule has 7 heteroatoms. The number of ether oxygens (including phenoxy) is 1. The first-order chi connectivity index (χ1) is 16.7. The molecule has 3 aromatic heterocycles. The molecule has 1 aliphatic rings. The molecule has 0 radical (unpaired) electrons. The standard InChI is InChI=1S/C27H32N6O/c1-19-16-30-27(31-23-11-9-22(10-12-23)28-14-15-34-2)32-26(19)24-17-29-25-13-8-21(18-33(24)25)20-6-4-3-5-7-20/h3-8,13,16-18,22-23,28H,9-12,14-15H2,1-2H3,(H,30,31,32).